The minimum absolute atomic E-state index is 0.117. The number of H-pyrrole nitrogens is 1. The number of aromatic amines is 1. The largest absolute Gasteiger partial charge is 0.483 e. The van der Waals surface area contributed by atoms with Gasteiger partial charge in [0.05, 0.1) is 11.5 Å². The summed E-state index contributed by atoms with van der Waals surface area (Å²) in [5, 5.41) is 27.3. The molecule has 0 aromatic carbocycles. The molecule has 1 aromatic rings. The van der Waals surface area contributed by atoms with Gasteiger partial charge in [0, 0.05) is 30.9 Å². The molecule has 3 heterocycles. The number of rotatable bonds is 1. The monoisotopic (exact) mass is 364 g/mol. The first-order valence-corrected chi connectivity index (χ1v) is 8.93. The summed E-state index contributed by atoms with van der Waals surface area (Å²) in [6.07, 6.45) is 4.10. The van der Waals surface area contributed by atoms with E-state index in [4.69, 9.17) is 9.90 Å². The number of aromatic nitrogens is 2. The number of fused-ring (bicyclic) bond motifs is 1. The number of likely N-dealkylation sites (tertiary alicyclic amines) is 1. The topological polar surface area (TPSA) is 136 Å². The fraction of sp³-hybridized carbons (Fsp3) is 0.647. The fourth-order valence-corrected chi connectivity index (χ4v) is 4.26. The molecule has 2 atom stereocenters. The highest BCUT2D eigenvalue weighted by molar-refractivity contribution is 5.95. The van der Waals surface area contributed by atoms with Crippen molar-refractivity contribution in [3.8, 4) is 0 Å². The highest BCUT2D eigenvalue weighted by atomic mass is 16.3. The van der Waals surface area contributed by atoms with E-state index in [0.717, 1.165) is 36.9 Å². The van der Waals surface area contributed by atoms with E-state index in [0.29, 0.717) is 31.6 Å². The Morgan fingerprint density at radius 2 is 2.12 bits per heavy atom. The van der Waals surface area contributed by atoms with Crippen LogP contribution in [0.5, 0.6) is 0 Å². The minimum atomic E-state index is -0.856. The Bertz CT molecular complexity index is 703. The SMILES string of the molecule is O=C(c1n[nH]c2c1CCC2)N1CC[C@H](O)[C@@]2(CCCNC2=O)C1.O=CO. The molecule has 1 aliphatic carbocycles. The fourth-order valence-electron chi connectivity index (χ4n) is 4.26. The third-order valence-corrected chi connectivity index (χ3v) is 5.62. The molecule has 4 rings (SSSR count). The summed E-state index contributed by atoms with van der Waals surface area (Å²) in [5.74, 6) is -0.241. The third-order valence-electron chi connectivity index (χ3n) is 5.62. The molecule has 0 saturated carbocycles. The molecule has 0 radical (unpaired) electrons. The van der Waals surface area contributed by atoms with Crippen LogP contribution < -0.4 is 5.32 Å². The number of aliphatic hydroxyl groups is 1. The second-order valence-electron chi connectivity index (χ2n) is 7.04. The number of hydrogen-bond acceptors (Lipinski definition) is 5. The van der Waals surface area contributed by atoms with E-state index in [-0.39, 0.29) is 24.8 Å². The standard InChI is InChI=1S/C16H22N4O3.CH2O2/c21-12-5-8-20(9-16(12)6-2-7-17-15(16)23)14(22)13-10-3-1-4-11(10)18-19-13;2-1-3/h12,21H,1-9H2,(H,17,23)(H,18,19);1H,(H,2,3)/t12-,16+;/m0./s1. The number of carbonyl (C=O) groups excluding carboxylic acids is 2. The summed E-state index contributed by atoms with van der Waals surface area (Å²) in [7, 11) is 0. The average Bonchev–Trinajstić information content (AvgIpc) is 3.23. The summed E-state index contributed by atoms with van der Waals surface area (Å²) < 4.78 is 0. The van der Waals surface area contributed by atoms with Crippen LogP contribution in [0.2, 0.25) is 0 Å². The van der Waals surface area contributed by atoms with Crippen LogP contribution in [0.25, 0.3) is 0 Å². The molecule has 26 heavy (non-hydrogen) atoms. The molecule has 0 bridgehead atoms. The number of carbonyl (C=O) groups is 3. The predicted molar refractivity (Wildman–Crippen MR) is 90.5 cm³/mol. The van der Waals surface area contributed by atoms with Crippen LogP contribution in [-0.4, -0.2) is 69.3 Å². The van der Waals surface area contributed by atoms with Gasteiger partial charge >= 0.3 is 0 Å². The van der Waals surface area contributed by atoms with Crippen molar-refractivity contribution in [3.63, 3.8) is 0 Å². The minimum Gasteiger partial charge on any atom is -0.483 e. The van der Waals surface area contributed by atoms with E-state index in [1.165, 1.54) is 0 Å². The smallest absolute Gasteiger partial charge is 0.290 e. The highest BCUT2D eigenvalue weighted by Gasteiger charge is 2.51. The quantitative estimate of drug-likeness (QED) is 0.505. The van der Waals surface area contributed by atoms with Gasteiger partial charge in [-0.2, -0.15) is 5.10 Å². The molecular formula is C17H24N4O5. The lowest BCUT2D eigenvalue weighted by Crippen LogP contribution is -2.62. The van der Waals surface area contributed by atoms with Crippen LogP contribution in [0.15, 0.2) is 0 Å². The van der Waals surface area contributed by atoms with Gasteiger partial charge in [0.2, 0.25) is 5.91 Å². The molecule has 1 spiro atoms. The van der Waals surface area contributed by atoms with Crippen LogP contribution in [-0.2, 0) is 22.4 Å². The molecule has 2 amide bonds. The lowest BCUT2D eigenvalue weighted by atomic mass is 9.71. The maximum Gasteiger partial charge on any atom is 0.290 e. The molecular weight excluding hydrogens is 340 g/mol. The van der Waals surface area contributed by atoms with Crippen LogP contribution in [0.3, 0.4) is 0 Å². The summed E-state index contributed by atoms with van der Waals surface area (Å²) in [5.41, 5.74) is 1.74. The molecule has 2 fully saturated rings. The van der Waals surface area contributed by atoms with Crippen molar-refractivity contribution in [2.45, 2.75) is 44.6 Å². The molecule has 0 unspecified atom stereocenters. The van der Waals surface area contributed by atoms with E-state index in [1.54, 1.807) is 4.90 Å². The Morgan fingerprint density at radius 3 is 2.85 bits per heavy atom. The Morgan fingerprint density at radius 1 is 1.35 bits per heavy atom. The number of nitrogens with zero attached hydrogens (tertiary/aromatic N) is 2. The zero-order chi connectivity index (χ0) is 18.7. The lowest BCUT2D eigenvalue weighted by Gasteiger charge is -2.46. The first kappa shape index (κ1) is 18.4. The maximum atomic E-state index is 12.9. The van der Waals surface area contributed by atoms with Crippen LogP contribution in [0.1, 0.15) is 47.4 Å². The second-order valence-corrected chi connectivity index (χ2v) is 7.04. The van der Waals surface area contributed by atoms with Gasteiger partial charge in [-0.3, -0.25) is 19.5 Å². The maximum absolute atomic E-state index is 12.9. The molecule has 1 aromatic heterocycles. The number of piperidine rings is 2. The Labute approximate surface area is 150 Å². The third kappa shape index (κ3) is 3.07. The molecule has 9 heteroatoms. The van der Waals surface area contributed by atoms with Gasteiger partial charge in [-0.15, -0.1) is 0 Å². The van der Waals surface area contributed by atoms with Crippen molar-refractivity contribution < 1.29 is 24.6 Å². The number of nitrogens with one attached hydrogen (secondary N) is 2. The number of hydrogen-bond donors (Lipinski definition) is 4. The van der Waals surface area contributed by atoms with Crippen molar-refractivity contribution in [2.24, 2.45) is 5.41 Å². The number of amides is 2. The van der Waals surface area contributed by atoms with E-state index in [9.17, 15) is 14.7 Å². The predicted octanol–water partition coefficient (Wildman–Crippen LogP) is -0.298. The van der Waals surface area contributed by atoms with E-state index < -0.39 is 11.5 Å². The molecule has 4 N–H and O–H groups in total. The summed E-state index contributed by atoms with van der Waals surface area (Å²) >= 11 is 0. The lowest BCUT2D eigenvalue weighted by molar-refractivity contribution is -0.147. The number of aliphatic hydroxyl groups excluding tert-OH is 1. The molecule has 2 aliphatic heterocycles. The first-order valence-electron chi connectivity index (χ1n) is 8.93. The van der Waals surface area contributed by atoms with E-state index in [1.807, 2.05) is 0 Å². The molecule has 2 saturated heterocycles. The normalized spacial score (nSPS) is 27.3. The summed E-state index contributed by atoms with van der Waals surface area (Å²) in [6.45, 7) is 1.14. The van der Waals surface area contributed by atoms with Gasteiger partial charge < -0.3 is 20.4 Å². The van der Waals surface area contributed by atoms with E-state index in [2.05, 4.69) is 15.5 Å². The van der Waals surface area contributed by atoms with Crippen LogP contribution in [0.4, 0.5) is 0 Å². The van der Waals surface area contributed by atoms with Gasteiger partial charge in [-0.25, -0.2) is 0 Å². The van der Waals surface area contributed by atoms with Gasteiger partial charge in [0.1, 0.15) is 0 Å². The van der Waals surface area contributed by atoms with Crippen LogP contribution in [0, 0.1) is 5.41 Å². The summed E-state index contributed by atoms with van der Waals surface area (Å²) in [4.78, 5) is 35.3. The van der Waals surface area contributed by atoms with Crippen LogP contribution >= 0.6 is 0 Å². The van der Waals surface area contributed by atoms with Crippen molar-refractivity contribution in [3.05, 3.63) is 17.0 Å². The number of aryl methyl sites for hydroxylation is 1. The van der Waals surface area contributed by atoms with Gasteiger partial charge in [-0.05, 0) is 38.5 Å². The van der Waals surface area contributed by atoms with Gasteiger partial charge in [0.25, 0.3) is 12.4 Å². The van der Waals surface area contributed by atoms with Crippen molar-refractivity contribution in [2.75, 3.05) is 19.6 Å². The number of carboxylic acid groups (broad SMARTS) is 1. The van der Waals surface area contributed by atoms with E-state index >= 15 is 0 Å². The van der Waals surface area contributed by atoms with Gasteiger partial charge in [-0.1, -0.05) is 0 Å². The van der Waals surface area contributed by atoms with Crippen molar-refractivity contribution in [1.82, 2.24) is 20.4 Å². The zero-order valence-corrected chi connectivity index (χ0v) is 14.5. The first-order chi connectivity index (χ1) is 12.5. The Kier molecular flexibility index (Phi) is 5.26. The second kappa shape index (κ2) is 7.45. The molecule has 3 aliphatic rings. The van der Waals surface area contributed by atoms with Crippen molar-refractivity contribution >= 4 is 18.3 Å². The molecule has 9 nitrogen and oxygen atoms in total. The Balaban J connectivity index is 0.000000613. The molecule has 142 valence electrons. The highest BCUT2D eigenvalue weighted by Crippen LogP contribution is 2.38. The summed E-state index contributed by atoms with van der Waals surface area (Å²) in [6, 6.07) is 0. The zero-order valence-electron chi connectivity index (χ0n) is 14.5. The van der Waals surface area contributed by atoms with Crippen molar-refractivity contribution in [1.29, 1.82) is 0 Å². The van der Waals surface area contributed by atoms with Gasteiger partial charge in [0.15, 0.2) is 5.69 Å². The average molecular weight is 364 g/mol. The Hall–Kier alpha value is -2.42.